The number of ether oxygens (including phenoxy) is 3. The number of hydrogen-bond donors (Lipinski definition) is 0. The number of rotatable bonds is 5. The topological polar surface area (TPSA) is 83.7 Å². The van der Waals surface area contributed by atoms with Gasteiger partial charge in [0.2, 0.25) is 5.89 Å². The van der Waals surface area contributed by atoms with Crippen LogP contribution in [0.15, 0.2) is 59.0 Å². The lowest BCUT2D eigenvalue weighted by atomic mass is 10.2. The van der Waals surface area contributed by atoms with E-state index in [0.717, 1.165) is 17.5 Å². The van der Waals surface area contributed by atoms with Crippen LogP contribution in [0, 0.1) is 0 Å². The van der Waals surface area contributed by atoms with Gasteiger partial charge in [-0.25, -0.2) is 4.79 Å². The number of benzene rings is 2. The van der Waals surface area contributed by atoms with Crippen molar-refractivity contribution in [3.8, 4) is 23.0 Å². The Morgan fingerprint density at radius 1 is 1.04 bits per heavy atom. The highest BCUT2D eigenvalue weighted by Gasteiger charge is 2.11. The maximum Gasteiger partial charge on any atom is 0.331 e. The van der Waals surface area contributed by atoms with Crippen molar-refractivity contribution in [3.05, 3.63) is 66.1 Å². The molecule has 0 saturated heterocycles. The van der Waals surface area contributed by atoms with Crippen molar-refractivity contribution < 1.29 is 23.4 Å². The molecule has 142 valence electrons. The molecule has 2 aromatic carbocycles. The molecule has 0 radical (unpaired) electrons. The molecule has 0 atom stereocenters. The summed E-state index contributed by atoms with van der Waals surface area (Å²) >= 11 is 0. The molecule has 0 fully saturated rings. The molecule has 2 heterocycles. The third-order valence-electron chi connectivity index (χ3n) is 4.01. The van der Waals surface area contributed by atoms with Gasteiger partial charge in [-0.05, 0) is 35.9 Å². The summed E-state index contributed by atoms with van der Waals surface area (Å²) in [5.74, 6) is 1.49. The van der Waals surface area contributed by atoms with Gasteiger partial charge in [-0.1, -0.05) is 24.3 Å². The molecule has 4 rings (SSSR count). The lowest BCUT2D eigenvalue weighted by Crippen LogP contribution is -2.01. The Labute approximate surface area is 161 Å². The predicted octanol–water partition coefficient (Wildman–Crippen LogP) is 3.65. The SMILES string of the molecule is O=C(/C=C/c1ccc2c(c1)OCCCO2)OCc1nnc(-c2ccccc2)o1. The van der Waals surface area contributed by atoms with Gasteiger partial charge in [-0.2, -0.15) is 0 Å². The molecule has 1 aliphatic heterocycles. The normalized spacial score (nSPS) is 13.3. The van der Waals surface area contributed by atoms with Gasteiger partial charge >= 0.3 is 5.97 Å². The van der Waals surface area contributed by atoms with E-state index in [-0.39, 0.29) is 12.5 Å². The lowest BCUT2D eigenvalue weighted by molar-refractivity contribution is -0.139. The molecule has 28 heavy (non-hydrogen) atoms. The molecule has 7 nitrogen and oxygen atoms in total. The van der Waals surface area contributed by atoms with Crippen LogP contribution in [0.5, 0.6) is 11.5 Å². The van der Waals surface area contributed by atoms with E-state index in [2.05, 4.69) is 10.2 Å². The van der Waals surface area contributed by atoms with Crippen molar-refractivity contribution >= 4 is 12.0 Å². The number of fused-ring (bicyclic) bond motifs is 1. The van der Waals surface area contributed by atoms with Gasteiger partial charge in [-0.15, -0.1) is 10.2 Å². The van der Waals surface area contributed by atoms with Gasteiger partial charge in [0.05, 0.1) is 13.2 Å². The van der Waals surface area contributed by atoms with Crippen LogP contribution in [0.25, 0.3) is 17.5 Å². The maximum absolute atomic E-state index is 12.0. The zero-order chi connectivity index (χ0) is 19.2. The lowest BCUT2D eigenvalue weighted by Gasteiger charge is -2.07. The van der Waals surface area contributed by atoms with Gasteiger partial charge < -0.3 is 18.6 Å². The standard InChI is InChI=1S/C21H18N2O5/c24-20(10-8-15-7-9-17-18(13-15)26-12-4-11-25-17)27-14-19-22-23-21(28-19)16-5-2-1-3-6-16/h1-3,5-10,13H,4,11-12,14H2/b10-8+. The minimum absolute atomic E-state index is 0.0931. The van der Waals surface area contributed by atoms with Gasteiger partial charge in [-0.3, -0.25) is 0 Å². The number of carbonyl (C=O) groups is 1. The van der Waals surface area contributed by atoms with Crippen LogP contribution in [0.3, 0.4) is 0 Å². The van der Waals surface area contributed by atoms with Crippen molar-refractivity contribution in [2.45, 2.75) is 13.0 Å². The predicted molar refractivity (Wildman–Crippen MR) is 101 cm³/mol. The second kappa shape index (κ2) is 8.39. The second-order valence-electron chi connectivity index (χ2n) is 6.06. The number of nitrogens with zero attached hydrogens (tertiary/aromatic N) is 2. The fourth-order valence-corrected chi connectivity index (χ4v) is 2.64. The second-order valence-corrected chi connectivity index (χ2v) is 6.06. The highest BCUT2D eigenvalue weighted by Crippen LogP contribution is 2.30. The number of aromatic nitrogens is 2. The Bertz CT molecular complexity index is 981. The van der Waals surface area contributed by atoms with Gasteiger partial charge in [0, 0.05) is 18.1 Å². The first-order chi connectivity index (χ1) is 13.8. The first kappa shape index (κ1) is 17.8. The molecular weight excluding hydrogens is 360 g/mol. The van der Waals surface area contributed by atoms with Crippen LogP contribution in [0.1, 0.15) is 17.9 Å². The largest absolute Gasteiger partial charge is 0.490 e. The summed E-state index contributed by atoms with van der Waals surface area (Å²) in [6, 6.07) is 14.9. The van der Waals surface area contributed by atoms with E-state index in [9.17, 15) is 4.79 Å². The minimum atomic E-state index is -0.508. The van der Waals surface area contributed by atoms with Crippen molar-refractivity contribution in [3.63, 3.8) is 0 Å². The summed E-state index contributed by atoms with van der Waals surface area (Å²) in [5.41, 5.74) is 1.62. The van der Waals surface area contributed by atoms with E-state index in [4.69, 9.17) is 18.6 Å². The molecule has 0 unspecified atom stereocenters. The summed E-state index contributed by atoms with van der Waals surface area (Å²) < 4.78 is 21.9. The zero-order valence-corrected chi connectivity index (χ0v) is 15.0. The van der Waals surface area contributed by atoms with E-state index in [1.165, 1.54) is 6.08 Å². The van der Waals surface area contributed by atoms with E-state index < -0.39 is 5.97 Å². The van der Waals surface area contributed by atoms with Crippen LogP contribution in [-0.2, 0) is 16.1 Å². The van der Waals surface area contributed by atoms with Crippen molar-refractivity contribution in [1.29, 1.82) is 0 Å². The molecule has 1 aromatic heterocycles. The van der Waals surface area contributed by atoms with Gasteiger partial charge in [0.1, 0.15) is 0 Å². The average Bonchev–Trinajstić information content (AvgIpc) is 3.09. The van der Waals surface area contributed by atoms with E-state index in [1.807, 2.05) is 48.5 Å². The first-order valence-corrected chi connectivity index (χ1v) is 8.90. The van der Waals surface area contributed by atoms with Crippen LogP contribution in [0.2, 0.25) is 0 Å². The van der Waals surface area contributed by atoms with Crippen molar-refractivity contribution in [1.82, 2.24) is 10.2 Å². The molecule has 0 N–H and O–H groups in total. The minimum Gasteiger partial charge on any atom is -0.490 e. The Kier molecular flexibility index (Phi) is 5.33. The molecule has 1 aliphatic rings. The average molecular weight is 378 g/mol. The summed E-state index contributed by atoms with van der Waals surface area (Å²) in [6.45, 7) is 1.15. The first-order valence-electron chi connectivity index (χ1n) is 8.90. The van der Waals surface area contributed by atoms with Gasteiger partial charge in [0.25, 0.3) is 5.89 Å². The fourth-order valence-electron chi connectivity index (χ4n) is 2.64. The highest BCUT2D eigenvalue weighted by atomic mass is 16.5. The van der Waals surface area contributed by atoms with Crippen LogP contribution in [-0.4, -0.2) is 29.4 Å². The number of hydrogen-bond acceptors (Lipinski definition) is 7. The molecular formula is C21H18N2O5. The van der Waals surface area contributed by atoms with Gasteiger partial charge in [0.15, 0.2) is 18.1 Å². The molecule has 0 bridgehead atoms. The van der Waals surface area contributed by atoms with E-state index in [0.29, 0.717) is 30.6 Å². The number of esters is 1. The molecule has 0 saturated carbocycles. The zero-order valence-electron chi connectivity index (χ0n) is 15.0. The summed E-state index contributed by atoms with van der Waals surface area (Å²) in [6.07, 6.45) is 3.83. The van der Waals surface area contributed by atoms with Crippen molar-refractivity contribution in [2.24, 2.45) is 0 Å². The summed E-state index contributed by atoms with van der Waals surface area (Å²) in [4.78, 5) is 12.0. The third kappa shape index (κ3) is 4.37. The summed E-state index contributed by atoms with van der Waals surface area (Å²) in [5, 5.41) is 7.85. The maximum atomic E-state index is 12.0. The molecule has 0 aliphatic carbocycles. The Morgan fingerprint density at radius 3 is 2.71 bits per heavy atom. The van der Waals surface area contributed by atoms with E-state index >= 15 is 0 Å². The van der Waals surface area contributed by atoms with Crippen LogP contribution >= 0.6 is 0 Å². The monoisotopic (exact) mass is 378 g/mol. The Hall–Kier alpha value is -3.61. The van der Waals surface area contributed by atoms with Crippen LogP contribution in [0.4, 0.5) is 0 Å². The highest BCUT2D eigenvalue weighted by molar-refractivity contribution is 5.87. The Balaban J connectivity index is 1.33. The quantitative estimate of drug-likeness (QED) is 0.495. The third-order valence-corrected chi connectivity index (χ3v) is 4.01. The Morgan fingerprint density at radius 2 is 1.86 bits per heavy atom. The fraction of sp³-hybridized carbons (Fsp3) is 0.190. The smallest absolute Gasteiger partial charge is 0.331 e. The number of carbonyl (C=O) groups excluding carboxylic acids is 1. The van der Waals surface area contributed by atoms with Crippen molar-refractivity contribution in [2.75, 3.05) is 13.2 Å². The van der Waals surface area contributed by atoms with Crippen LogP contribution < -0.4 is 9.47 Å². The molecule has 3 aromatic rings. The summed E-state index contributed by atoms with van der Waals surface area (Å²) in [7, 11) is 0. The van der Waals surface area contributed by atoms with E-state index in [1.54, 1.807) is 6.08 Å². The molecule has 0 amide bonds. The molecule has 7 heteroatoms. The molecule has 0 spiro atoms.